The van der Waals surface area contributed by atoms with Crippen molar-refractivity contribution in [2.75, 3.05) is 18.8 Å². The van der Waals surface area contributed by atoms with Crippen molar-refractivity contribution in [2.24, 2.45) is 0 Å². The summed E-state index contributed by atoms with van der Waals surface area (Å²) in [7, 11) is -3.18. The number of sulfonamides is 1. The Morgan fingerprint density at radius 3 is 2.61 bits per heavy atom. The number of hydrogen-bond donors (Lipinski definition) is 0. The third kappa shape index (κ3) is 3.40. The molecule has 2 aromatic rings. The van der Waals surface area contributed by atoms with Crippen LogP contribution in [0.15, 0.2) is 30.9 Å². The van der Waals surface area contributed by atoms with Crippen molar-refractivity contribution >= 4 is 10.0 Å². The van der Waals surface area contributed by atoms with Crippen LogP contribution >= 0.6 is 0 Å². The molecule has 0 spiro atoms. The van der Waals surface area contributed by atoms with E-state index in [0.29, 0.717) is 32.4 Å². The molecule has 0 atom stereocenters. The zero-order valence-corrected chi connectivity index (χ0v) is 14.0. The monoisotopic (exact) mass is 332 g/mol. The van der Waals surface area contributed by atoms with Crippen LogP contribution in [0.5, 0.6) is 0 Å². The molecule has 0 unspecified atom stereocenters. The zero-order valence-electron chi connectivity index (χ0n) is 13.1. The fourth-order valence-electron chi connectivity index (χ4n) is 2.93. The van der Waals surface area contributed by atoms with Gasteiger partial charge in [-0.1, -0.05) is 6.92 Å². The average molecular weight is 332 g/mol. The summed E-state index contributed by atoms with van der Waals surface area (Å²) in [5.74, 6) is 0.201. The van der Waals surface area contributed by atoms with E-state index in [9.17, 15) is 8.42 Å². The molecule has 0 fully saturated rings. The molecule has 0 saturated carbocycles. The molecule has 6 nitrogen and oxygen atoms in total. The molecule has 2 aromatic heterocycles. The molecule has 0 saturated heterocycles. The third-order valence-electron chi connectivity index (χ3n) is 4.05. The van der Waals surface area contributed by atoms with Crippen LogP contribution in [-0.4, -0.2) is 46.5 Å². The van der Waals surface area contributed by atoms with E-state index in [-0.39, 0.29) is 5.75 Å². The maximum Gasteiger partial charge on any atom is 0.214 e. The summed E-state index contributed by atoms with van der Waals surface area (Å²) in [6, 6.07) is 3.83. The minimum atomic E-state index is -3.18. The van der Waals surface area contributed by atoms with Gasteiger partial charge in [-0.05, 0) is 25.0 Å². The molecule has 1 aliphatic rings. The number of nitrogens with zero attached hydrogens (tertiary/aromatic N) is 4. The first-order chi connectivity index (χ1) is 11.1. The lowest BCUT2D eigenvalue weighted by molar-refractivity contribution is 0.425. The second-order valence-electron chi connectivity index (χ2n) is 5.60. The van der Waals surface area contributed by atoms with Crippen LogP contribution in [0.4, 0.5) is 0 Å². The molecule has 7 heteroatoms. The fraction of sp³-hybridized carbons (Fsp3) is 0.438. The van der Waals surface area contributed by atoms with Crippen molar-refractivity contribution in [3.05, 3.63) is 42.1 Å². The maximum absolute atomic E-state index is 12.3. The molecule has 3 heterocycles. The smallest absolute Gasteiger partial charge is 0.214 e. The van der Waals surface area contributed by atoms with Crippen LogP contribution in [0.25, 0.3) is 11.3 Å². The Morgan fingerprint density at radius 2 is 1.87 bits per heavy atom. The van der Waals surface area contributed by atoms with Gasteiger partial charge in [0.25, 0.3) is 0 Å². The Morgan fingerprint density at radius 1 is 1.13 bits per heavy atom. The largest absolute Gasteiger partial charge is 0.265 e. The summed E-state index contributed by atoms with van der Waals surface area (Å²) >= 11 is 0. The van der Waals surface area contributed by atoms with Gasteiger partial charge in [-0.2, -0.15) is 0 Å². The summed E-state index contributed by atoms with van der Waals surface area (Å²) < 4.78 is 26.2. The number of aromatic nitrogens is 3. The second kappa shape index (κ2) is 6.72. The van der Waals surface area contributed by atoms with Crippen molar-refractivity contribution in [1.29, 1.82) is 0 Å². The molecule has 0 bridgehead atoms. The lowest BCUT2D eigenvalue weighted by atomic mass is 10.0. The van der Waals surface area contributed by atoms with E-state index in [2.05, 4.69) is 15.0 Å². The molecule has 23 heavy (non-hydrogen) atoms. The van der Waals surface area contributed by atoms with Gasteiger partial charge in [-0.3, -0.25) is 4.98 Å². The van der Waals surface area contributed by atoms with E-state index >= 15 is 0 Å². The standard InChI is InChI=1S/C16H20N4O2S/c1-2-11-23(21,22)20-9-5-14-15(6-10-20)18-12-19-16(14)13-3-7-17-8-4-13/h3-4,7-8,12H,2,5-6,9-11H2,1H3. The summed E-state index contributed by atoms with van der Waals surface area (Å²) in [4.78, 5) is 12.8. The normalized spacial score (nSPS) is 15.9. The minimum absolute atomic E-state index is 0.201. The number of hydrogen-bond acceptors (Lipinski definition) is 5. The van der Waals surface area contributed by atoms with Crippen molar-refractivity contribution in [1.82, 2.24) is 19.3 Å². The lowest BCUT2D eigenvalue weighted by Crippen LogP contribution is -2.35. The second-order valence-corrected chi connectivity index (χ2v) is 7.69. The summed E-state index contributed by atoms with van der Waals surface area (Å²) in [6.07, 6.45) is 6.92. The molecule has 0 amide bonds. The van der Waals surface area contributed by atoms with E-state index in [1.807, 2.05) is 19.1 Å². The van der Waals surface area contributed by atoms with Crippen molar-refractivity contribution < 1.29 is 8.42 Å². The number of rotatable bonds is 4. The van der Waals surface area contributed by atoms with Gasteiger partial charge in [0.2, 0.25) is 10.0 Å². The third-order valence-corrected chi connectivity index (χ3v) is 6.13. The first-order valence-corrected chi connectivity index (χ1v) is 9.43. The minimum Gasteiger partial charge on any atom is -0.265 e. The van der Waals surface area contributed by atoms with E-state index in [1.165, 1.54) is 0 Å². The molecular weight excluding hydrogens is 312 g/mol. The SMILES string of the molecule is CCCS(=O)(=O)N1CCc2ncnc(-c3ccncc3)c2CC1. The van der Waals surface area contributed by atoms with Gasteiger partial charge in [-0.25, -0.2) is 22.7 Å². The van der Waals surface area contributed by atoms with E-state index < -0.39 is 10.0 Å². The van der Waals surface area contributed by atoms with Crippen molar-refractivity contribution in [3.63, 3.8) is 0 Å². The topological polar surface area (TPSA) is 76.1 Å². The predicted octanol–water partition coefficient (Wildman–Crippen LogP) is 1.68. The Balaban J connectivity index is 1.92. The van der Waals surface area contributed by atoms with Crippen LogP contribution in [0.3, 0.4) is 0 Å². The highest BCUT2D eigenvalue weighted by Crippen LogP contribution is 2.26. The molecule has 0 radical (unpaired) electrons. The van der Waals surface area contributed by atoms with E-state index in [4.69, 9.17) is 0 Å². The van der Waals surface area contributed by atoms with Gasteiger partial charge >= 0.3 is 0 Å². The highest BCUT2D eigenvalue weighted by atomic mass is 32.2. The van der Waals surface area contributed by atoms with Gasteiger partial charge in [0.05, 0.1) is 11.4 Å². The van der Waals surface area contributed by atoms with Gasteiger partial charge in [0.1, 0.15) is 6.33 Å². The average Bonchev–Trinajstić information content (AvgIpc) is 2.78. The Bertz CT molecular complexity index is 778. The molecule has 3 rings (SSSR count). The Hall–Kier alpha value is -1.86. The quantitative estimate of drug-likeness (QED) is 0.851. The Kier molecular flexibility index (Phi) is 4.68. The molecule has 0 aliphatic carbocycles. The van der Waals surface area contributed by atoms with Crippen molar-refractivity contribution in [2.45, 2.75) is 26.2 Å². The van der Waals surface area contributed by atoms with Gasteiger partial charge in [0.15, 0.2) is 0 Å². The van der Waals surface area contributed by atoms with Crippen LogP contribution < -0.4 is 0 Å². The lowest BCUT2D eigenvalue weighted by Gasteiger charge is -2.19. The number of fused-ring (bicyclic) bond motifs is 1. The zero-order chi connectivity index (χ0) is 16.3. The van der Waals surface area contributed by atoms with Gasteiger partial charge in [0, 0.05) is 48.7 Å². The maximum atomic E-state index is 12.3. The highest BCUT2D eigenvalue weighted by molar-refractivity contribution is 7.89. The van der Waals surface area contributed by atoms with E-state index in [0.717, 1.165) is 22.5 Å². The predicted molar refractivity (Wildman–Crippen MR) is 88.3 cm³/mol. The van der Waals surface area contributed by atoms with Gasteiger partial charge in [-0.15, -0.1) is 0 Å². The number of pyridine rings is 1. The fourth-order valence-corrected chi connectivity index (χ4v) is 4.44. The van der Waals surface area contributed by atoms with Crippen LogP contribution in [0, 0.1) is 0 Å². The first-order valence-electron chi connectivity index (χ1n) is 7.83. The summed E-state index contributed by atoms with van der Waals surface area (Å²) in [6.45, 7) is 2.86. The van der Waals surface area contributed by atoms with Crippen LogP contribution in [-0.2, 0) is 22.9 Å². The summed E-state index contributed by atoms with van der Waals surface area (Å²) in [5.41, 5.74) is 3.87. The molecular formula is C16H20N4O2S. The highest BCUT2D eigenvalue weighted by Gasteiger charge is 2.26. The summed E-state index contributed by atoms with van der Waals surface area (Å²) in [5, 5.41) is 0. The first kappa shape index (κ1) is 16.0. The Labute approximate surface area is 136 Å². The molecule has 0 N–H and O–H groups in total. The van der Waals surface area contributed by atoms with Crippen LogP contribution in [0.1, 0.15) is 24.6 Å². The molecule has 1 aliphatic heterocycles. The van der Waals surface area contributed by atoms with E-state index in [1.54, 1.807) is 23.0 Å². The molecule has 0 aromatic carbocycles. The van der Waals surface area contributed by atoms with Crippen LogP contribution in [0.2, 0.25) is 0 Å². The molecule has 122 valence electrons. The van der Waals surface area contributed by atoms with Gasteiger partial charge < -0.3 is 0 Å². The van der Waals surface area contributed by atoms with Crippen molar-refractivity contribution in [3.8, 4) is 11.3 Å².